The first kappa shape index (κ1) is 25.2. The van der Waals surface area contributed by atoms with Crippen molar-refractivity contribution in [1.29, 1.82) is 0 Å². The van der Waals surface area contributed by atoms with Crippen molar-refractivity contribution >= 4 is 34.8 Å². The van der Waals surface area contributed by atoms with E-state index in [9.17, 15) is 14.0 Å². The fourth-order valence-corrected chi connectivity index (χ4v) is 5.28. The molecule has 1 aliphatic heterocycles. The SMILES string of the molecule is CC[C@H](C)N(CC(=O)N1CCc2sccc2[C@H]1COc1ccc(Cl)cc1)C(=O)c1ccc(F)cc1. The number of carbonyl (C=O) groups is 2. The summed E-state index contributed by atoms with van der Waals surface area (Å²) in [4.78, 5) is 31.5. The molecular formula is C27H28ClFN2O3S. The smallest absolute Gasteiger partial charge is 0.254 e. The molecule has 0 saturated carbocycles. The van der Waals surface area contributed by atoms with Gasteiger partial charge in [0, 0.05) is 28.0 Å². The summed E-state index contributed by atoms with van der Waals surface area (Å²) < 4.78 is 19.4. The Balaban J connectivity index is 1.54. The van der Waals surface area contributed by atoms with E-state index in [4.69, 9.17) is 16.3 Å². The third kappa shape index (κ3) is 5.85. The average Bonchev–Trinajstić information content (AvgIpc) is 3.35. The molecule has 2 atom stereocenters. The van der Waals surface area contributed by atoms with E-state index in [2.05, 4.69) is 0 Å². The summed E-state index contributed by atoms with van der Waals surface area (Å²) in [6.45, 7) is 4.69. The molecule has 0 aliphatic carbocycles. The molecule has 0 spiro atoms. The third-order valence-electron chi connectivity index (χ3n) is 6.42. The highest BCUT2D eigenvalue weighted by Crippen LogP contribution is 2.34. The zero-order valence-corrected chi connectivity index (χ0v) is 21.3. The van der Waals surface area contributed by atoms with E-state index in [0.717, 1.165) is 12.0 Å². The van der Waals surface area contributed by atoms with Crippen LogP contribution in [0.15, 0.2) is 60.0 Å². The molecule has 1 aromatic heterocycles. The topological polar surface area (TPSA) is 49.9 Å². The van der Waals surface area contributed by atoms with Crippen molar-refractivity contribution in [2.45, 2.75) is 38.8 Å². The van der Waals surface area contributed by atoms with Crippen LogP contribution in [0.2, 0.25) is 5.02 Å². The van der Waals surface area contributed by atoms with Gasteiger partial charge in [-0.3, -0.25) is 9.59 Å². The van der Waals surface area contributed by atoms with Crippen molar-refractivity contribution in [2.24, 2.45) is 0 Å². The van der Waals surface area contributed by atoms with E-state index in [0.29, 0.717) is 35.9 Å². The minimum atomic E-state index is -0.406. The summed E-state index contributed by atoms with van der Waals surface area (Å²) in [5.41, 5.74) is 1.45. The number of rotatable bonds is 8. The number of fused-ring (bicyclic) bond motifs is 1. The maximum Gasteiger partial charge on any atom is 0.254 e. The Morgan fingerprint density at radius 3 is 2.57 bits per heavy atom. The normalized spacial score (nSPS) is 15.9. The molecule has 3 aromatic rings. The molecule has 184 valence electrons. The maximum absolute atomic E-state index is 13.6. The van der Waals surface area contributed by atoms with Crippen LogP contribution in [0.5, 0.6) is 5.75 Å². The van der Waals surface area contributed by atoms with Crippen LogP contribution in [-0.4, -0.2) is 47.4 Å². The Bertz CT molecular complexity index is 1170. The first-order chi connectivity index (χ1) is 16.9. The van der Waals surface area contributed by atoms with Gasteiger partial charge in [0.2, 0.25) is 5.91 Å². The summed E-state index contributed by atoms with van der Waals surface area (Å²) in [6, 6.07) is 14.2. The number of amides is 2. The van der Waals surface area contributed by atoms with Gasteiger partial charge in [-0.15, -0.1) is 11.3 Å². The lowest BCUT2D eigenvalue weighted by Gasteiger charge is -2.38. The van der Waals surface area contributed by atoms with Crippen molar-refractivity contribution < 1.29 is 18.7 Å². The number of benzene rings is 2. The van der Waals surface area contributed by atoms with Crippen LogP contribution in [0.25, 0.3) is 0 Å². The first-order valence-corrected chi connectivity index (χ1v) is 12.9. The van der Waals surface area contributed by atoms with Crippen molar-refractivity contribution in [3.8, 4) is 5.75 Å². The lowest BCUT2D eigenvalue weighted by Crippen LogP contribution is -2.49. The molecule has 4 rings (SSSR count). The molecule has 35 heavy (non-hydrogen) atoms. The van der Waals surface area contributed by atoms with Gasteiger partial charge < -0.3 is 14.5 Å². The molecule has 5 nitrogen and oxygen atoms in total. The number of hydrogen-bond donors (Lipinski definition) is 0. The van der Waals surface area contributed by atoms with Crippen LogP contribution >= 0.6 is 22.9 Å². The summed E-state index contributed by atoms with van der Waals surface area (Å²) in [5.74, 6) is -0.148. The van der Waals surface area contributed by atoms with Crippen LogP contribution in [0, 0.1) is 5.82 Å². The quantitative estimate of drug-likeness (QED) is 0.371. The van der Waals surface area contributed by atoms with Crippen LogP contribution in [0.3, 0.4) is 0 Å². The first-order valence-electron chi connectivity index (χ1n) is 11.7. The highest BCUT2D eigenvalue weighted by Gasteiger charge is 2.34. The van der Waals surface area contributed by atoms with Gasteiger partial charge in [0.15, 0.2) is 0 Å². The van der Waals surface area contributed by atoms with Gasteiger partial charge in [-0.25, -0.2) is 4.39 Å². The second-order valence-corrected chi connectivity index (χ2v) is 10.1. The average molecular weight is 515 g/mol. The van der Waals surface area contributed by atoms with Gasteiger partial charge in [0.25, 0.3) is 5.91 Å². The van der Waals surface area contributed by atoms with Crippen LogP contribution in [0.4, 0.5) is 4.39 Å². The molecule has 0 radical (unpaired) electrons. The fraction of sp³-hybridized carbons (Fsp3) is 0.333. The van der Waals surface area contributed by atoms with Crippen LogP contribution < -0.4 is 4.74 Å². The molecule has 2 amide bonds. The van der Waals surface area contributed by atoms with Crippen LogP contribution in [0.1, 0.15) is 47.1 Å². The second-order valence-electron chi connectivity index (χ2n) is 8.61. The van der Waals surface area contributed by atoms with E-state index in [1.54, 1.807) is 40.5 Å². The van der Waals surface area contributed by atoms with Crippen LogP contribution in [-0.2, 0) is 11.2 Å². The fourth-order valence-electron chi connectivity index (χ4n) is 4.22. The van der Waals surface area contributed by atoms with Gasteiger partial charge >= 0.3 is 0 Å². The Morgan fingerprint density at radius 2 is 1.89 bits per heavy atom. The Hall–Kier alpha value is -2.90. The van der Waals surface area contributed by atoms with Crippen molar-refractivity contribution in [1.82, 2.24) is 9.80 Å². The maximum atomic E-state index is 13.6. The predicted molar refractivity (Wildman–Crippen MR) is 137 cm³/mol. The lowest BCUT2D eigenvalue weighted by molar-refractivity contribution is -0.136. The van der Waals surface area contributed by atoms with Crippen molar-refractivity contribution in [2.75, 3.05) is 19.7 Å². The number of ether oxygens (including phenoxy) is 1. The number of halogens is 2. The number of nitrogens with zero attached hydrogens (tertiary/aromatic N) is 2. The van der Waals surface area contributed by atoms with Crippen molar-refractivity contribution in [3.05, 3.63) is 86.8 Å². The predicted octanol–water partition coefficient (Wildman–Crippen LogP) is 5.99. The molecular weight excluding hydrogens is 487 g/mol. The summed E-state index contributed by atoms with van der Waals surface area (Å²) in [5, 5.41) is 2.67. The monoisotopic (exact) mass is 514 g/mol. The van der Waals surface area contributed by atoms with E-state index >= 15 is 0 Å². The molecule has 0 N–H and O–H groups in total. The van der Waals surface area contributed by atoms with Crippen molar-refractivity contribution in [3.63, 3.8) is 0 Å². The summed E-state index contributed by atoms with van der Waals surface area (Å²) in [6.07, 6.45) is 1.46. The molecule has 2 aromatic carbocycles. The molecule has 0 fully saturated rings. The standard InChI is InChI=1S/C27H28ClFN2O3S/c1-3-18(2)31(27(33)19-4-8-21(29)9-5-19)16-26(32)30-14-12-25-23(13-15-35-25)24(30)17-34-22-10-6-20(28)7-11-22/h4-11,13,15,18,24H,3,12,14,16-17H2,1-2H3/t18-,24+/m0/s1. The van der Waals surface area contributed by atoms with Gasteiger partial charge in [-0.05, 0) is 85.3 Å². The number of thiophene rings is 1. The van der Waals surface area contributed by atoms with E-state index < -0.39 is 5.82 Å². The van der Waals surface area contributed by atoms with E-state index in [1.165, 1.54) is 29.1 Å². The second kappa shape index (κ2) is 11.2. The molecule has 0 bridgehead atoms. The zero-order valence-electron chi connectivity index (χ0n) is 19.7. The third-order valence-corrected chi connectivity index (χ3v) is 7.67. The van der Waals surface area contributed by atoms with E-state index in [-0.39, 0.29) is 30.4 Å². The van der Waals surface area contributed by atoms with Gasteiger partial charge in [-0.2, -0.15) is 0 Å². The van der Waals surface area contributed by atoms with Gasteiger partial charge in [0.1, 0.15) is 24.7 Å². The molecule has 2 heterocycles. The van der Waals surface area contributed by atoms with Gasteiger partial charge in [0.05, 0.1) is 6.04 Å². The highest BCUT2D eigenvalue weighted by molar-refractivity contribution is 7.10. The molecule has 0 saturated heterocycles. The number of hydrogen-bond acceptors (Lipinski definition) is 4. The van der Waals surface area contributed by atoms with E-state index in [1.807, 2.05) is 30.2 Å². The summed E-state index contributed by atoms with van der Waals surface area (Å²) >= 11 is 7.67. The summed E-state index contributed by atoms with van der Waals surface area (Å²) in [7, 11) is 0. The molecule has 0 unspecified atom stereocenters. The van der Waals surface area contributed by atoms with Gasteiger partial charge in [-0.1, -0.05) is 18.5 Å². The largest absolute Gasteiger partial charge is 0.491 e. The molecule has 8 heteroatoms. The zero-order chi connectivity index (χ0) is 24.9. The Labute approximate surface area is 214 Å². The molecule has 1 aliphatic rings. The minimum absolute atomic E-state index is 0.0534. The Morgan fingerprint density at radius 1 is 1.17 bits per heavy atom. The Kier molecular flexibility index (Phi) is 8.08. The minimum Gasteiger partial charge on any atom is -0.491 e. The lowest BCUT2D eigenvalue weighted by atomic mass is 10.00. The highest BCUT2D eigenvalue weighted by atomic mass is 35.5. The number of carbonyl (C=O) groups excluding carboxylic acids is 2.